The second kappa shape index (κ2) is 6.66. The van der Waals surface area contributed by atoms with Crippen molar-refractivity contribution in [1.29, 1.82) is 0 Å². The minimum atomic E-state index is 0.468. The monoisotopic (exact) mass is 260 g/mol. The molecule has 2 aromatic heterocycles. The molecule has 0 radical (unpaired) electrons. The smallest absolute Gasteiger partial charge is 0.0420 e. The van der Waals surface area contributed by atoms with Crippen LogP contribution in [0.5, 0.6) is 0 Å². The fourth-order valence-electron chi connectivity index (χ4n) is 2.17. The quantitative estimate of drug-likeness (QED) is 0.856. The largest absolute Gasteiger partial charge is 0.310 e. The molecule has 96 valence electrons. The number of nitrogens with zero attached hydrogens (tertiary/aromatic N) is 1. The summed E-state index contributed by atoms with van der Waals surface area (Å²) in [5.41, 5.74) is 2.71. The minimum Gasteiger partial charge on any atom is -0.310 e. The molecule has 1 unspecified atom stereocenters. The van der Waals surface area contributed by atoms with Gasteiger partial charge in [-0.05, 0) is 54.9 Å². The summed E-state index contributed by atoms with van der Waals surface area (Å²) >= 11 is 1.85. The summed E-state index contributed by atoms with van der Waals surface area (Å²) in [7, 11) is 0. The van der Waals surface area contributed by atoms with Gasteiger partial charge in [-0.25, -0.2) is 0 Å². The van der Waals surface area contributed by atoms with E-state index in [0.717, 1.165) is 19.4 Å². The Bertz CT molecular complexity index is 464. The zero-order valence-electron chi connectivity index (χ0n) is 11.0. The van der Waals surface area contributed by atoms with Gasteiger partial charge in [0.15, 0.2) is 0 Å². The van der Waals surface area contributed by atoms with Gasteiger partial charge in [0.05, 0.1) is 0 Å². The molecule has 18 heavy (non-hydrogen) atoms. The second-order valence-electron chi connectivity index (χ2n) is 4.48. The second-order valence-corrected chi connectivity index (χ2v) is 5.43. The summed E-state index contributed by atoms with van der Waals surface area (Å²) in [4.78, 5) is 5.64. The van der Waals surface area contributed by atoms with Gasteiger partial charge in [-0.3, -0.25) is 4.98 Å². The van der Waals surface area contributed by atoms with Crippen molar-refractivity contribution in [2.45, 2.75) is 32.7 Å². The third-order valence-corrected chi connectivity index (χ3v) is 4.25. The molecule has 0 aliphatic rings. The summed E-state index contributed by atoms with van der Waals surface area (Å²) in [6.45, 7) is 5.37. The van der Waals surface area contributed by atoms with E-state index in [2.05, 4.69) is 41.7 Å². The lowest BCUT2D eigenvalue weighted by molar-refractivity contribution is 0.521. The SMILES string of the molecule is CCNC(CCc1cccnc1)c1sccc1C. The summed E-state index contributed by atoms with van der Waals surface area (Å²) < 4.78 is 0. The zero-order valence-corrected chi connectivity index (χ0v) is 11.8. The van der Waals surface area contributed by atoms with Gasteiger partial charge in [0.2, 0.25) is 0 Å². The fourth-order valence-corrected chi connectivity index (χ4v) is 3.21. The number of nitrogens with one attached hydrogen (secondary N) is 1. The van der Waals surface area contributed by atoms with Gasteiger partial charge in [-0.1, -0.05) is 13.0 Å². The molecule has 2 rings (SSSR count). The van der Waals surface area contributed by atoms with Crippen LogP contribution in [-0.4, -0.2) is 11.5 Å². The van der Waals surface area contributed by atoms with E-state index in [-0.39, 0.29) is 0 Å². The predicted octanol–water partition coefficient (Wildman–Crippen LogP) is 3.73. The molecule has 2 aromatic rings. The highest BCUT2D eigenvalue weighted by Crippen LogP contribution is 2.27. The van der Waals surface area contributed by atoms with E-state index in [1.54, 1.807) is 0 Å². The molecule has 1 N–H and O–H groups in total. The van der Waals surface area contributed by atoms with Crippen LogP contribution in [0.2, 0.25) is 0 Å². The first-order valence-corrected chi connectivity index (χ1v) is 7.35. The predicted molar refractivity (Wildman–Crippen MR) is 78.0 cm³/mol. The zero-order chi connectivity index (χ0) is 12.8. The molecule has 0 aliphatic carbocycles. The lowest BCUT2D eigenvalue weighted by Crippen LogP contribution is -2.21. The number of rotatable bonds is 6. The van der Waals surface area contributed by atoms with E-state index in [1.165, 1.54) is 16.0 Å². The summed E-state index contributed by atoms with van der Waals surface area (Å²) in [6, 6.07) is 6.83. The highest BCUT2D eigenvalue weighted by molar-refractivity contribution is 7.10. The molecule has 0 aromatic carbocycles. The van der Waals surface area contributed by atoms with E-state index < -0.39 is 0 Å². The van der Waals surface area contributed by atoms with Gasteiger partial charge in [-0.15, -0.1) is 11.3 Å². The minimum absolute atomic E-state index is 0.468. The Hall–Kier alpha value is -1.19. The highest BCUT2D eigenvalue weighted by atomic mass is 32.1. The van der Waals surface area contributed by atoms with Crippen molar-refractivity contribution in [3.63, 3.8) is 0 Å². The lowest BCUT2D eigenvalue weighted by atomic mass is 10.0. The van der Waals surface area contributed by atoms with Gasteiger partial charge >= 0.3 is 0 Å². The van der Waals surface area contributed by atoms with Crippen molar-refractivity contribution in [1.82, 2.24) is 10.3 Å². The molecule has 0 saturated heterocycles. The van der Waals surface area contributed by atoms with Crippen molar-refractivity contribution in [2.24, 2.45) is 0 Å². The molecular formula is C15H20N2S. The van der Waals surface area contributed by atoms with Crippen LogP contribution in [0.15, 0.2) is 36.0 Å². The number of pyridine rings is 1. The Labute approximate surface area is 113 Å². The molecule has 0 amide bonds. The van der Waals surface area contributed by atoms with Crippen LogP contribution < -0.4 is 5.32 Å². The van der Waals surface area contributed by atoms with Crippen molar-refractivity contribution in [3.8, 4) is 0 Å². The summed E-state index contributed by atoms with van der Waals surface area (Å²) in [5.74, 6) is 0. The number of hydrogen-bond acceptors (Lipinski definition) is 3. The van der Waals surface area contributed by atoms with Crippen LogP contribution in [-0.2, 0) is 6.42 Å². The Kier molecular flexibility index (Phi) is 4.90. The first kappa shape index (κ1) is 13.2. The van der Waals surface area contributed by atoms with Gasteiger partial charge in [-0.2, -0.15) is 0 Å². The van der Waals surface area contributed by atoms with E-state index in [9.17, 15) is 0 Å². The fraction of sp³-hybridized carbons (Fsp3) is 0.400. The van der Waals surface area contributed by atoms with Crippen molar-refractivity contribution >= 4 is 11.3 Å². The molecule has 0 spiro atoms. The van der Waals surface area contributed by atoms with Crippen molar-refractivity contribution < 1.29 is 0 Å². The molecule has 2 nitrogen and oxygen atoms in total. The maximum Gasteiger partial charge on any atom is 0.0420 e. The average molecular weight is 260 g/mol. The van der Waals surface area contributed by atoms with Crippen molar-refractivity contribution in [3.05, 3.63) is 52.0 Å². The summed E-state index contributed by atoms with van der Waals surface area (Å²) in [5, 5.41) is 5.77. The average Bonchev–Trinajstić information content (AvgIpc) is 2.82. The maximum atomic E-state index is 4.17. The van der Waals surface area contributed by atoms with E-state index >= 15 is 0 Å². The highest BCUT2D eigenvalue weighted by Gasteiger charge is 2.13. The van der Waals surface area contributed by atoms with Gasteiger partial charge in [0.1, 0.15) is 0 Å². The van der Waals surface area contributed by atoms with Crippen LogP contribution in [0.4, 0.5) is 0 Å². The Morgan fingerprint density at radius 2 is 2.28 bits per heavy atom. The molecule has 2 heterocycles. The number of aryl methyl sites for hydroxylation is 2. The molecule has 0 bridgehead atoms. The Morgan fingerprint density at radius 3 is 2.89 bits per heavy atom. The molecule has 0 fully saturated rings. The Morgan fingerprint density at radius 1 is 1.39 bits per heavy atom. The van der Waals surface area contributed by atoms with Crippen molar-refractivity contribution in [2.75, 3.05) is 6.54 Å². The van der Waals surface area contributed by atoms with Gasteiger partial charge in [0, 0.05) is 23.3 Å². The summed E-state index contributed by atoms with van der Waals surface area (Å²) in [6.07, 6.45) is 5.99. The lowest BCUT2D eigenvalue weighted by Gasteiger charge is -2.17. The van der Waals surface area contributed by atoms with Crippen LogP contribution >= 0.6 is 11.3 Å². The normalized spacial score (nSPS) is 12.6. The van der Waals surface area contributed by atoms with E-state index in [1.807, 2.05) is 29.8 Å². The number of thiophene rings is 1. The van der Waals surface area contributed by atoms with Gasteiger partial charge in [0.25, 0.3) is 0 Å². The molecule has 0 saturated carbocycles. The van der Waals surface area contributed by atoms with Crippen LogP contribution in [0.25, 0.3) is 0 Å². The van der Waals surface area contributed by atoms with E-state index in [0.29, 0.717) is 6.04 Å². The van der Waals surface area contributed by atoms with E-state index in [4.69, 9.17) is 0 Å². The standard InChI is InChI=1S/C15H20N2S/c1-3-17-14(15-12(2)8-10-18-15)7-6-13-5-4-9-16-11-13/h4-5,8-11,14,17H,3,6-7H2,1-2H3. The third kappa shape index (κ3) is 3.40. The molecular weight excluding hydrogens is 240 g/mol. The molecule has 3 heteroatoms. The maximum absolute atomic E-state index is 4.17. The first-order valence-electron chi connectivity index (χ1n) is 6.47. The van der Waals surface area contributed by atoms with Crippen LogP contribution in [0, 0.1) is 6.92 Å². The van der Waals surface area contributed by atoms with Crippen LogP contribution in [0.1, 0.15) is 35.4 Å². The van der Waals surface area contributed by atoms with Crippen LogP contribution in [0.3, 0.4) is 0 Å². The third-order valence-electron chi connectivity index (χ3n) is 3.11. The number of hydrogen-bond donors (Lipinski definition) is 1. The first-order chi connectivity index (χ1) is 8.81. The number of aromatic nitrogens is 1. The molecule has 0 aliphatic heterocycles. The Balaban J connectivity index is 2.01. The topological polar surface area (TPSA) is 24.9 Å². The molecule has 1 atom stereocenters. The van der Waals surface area contributed by atoms with Gasteiger partial charge < -0.3 is 5.32 Å².